The molecule has 0 saturated carbocycles. The fourth-order valence-electron chi connectivity index (χ4n) is 2.21. The molecule has 2 nitrogen and oxygen atoms in total. The lowest BCUT2D eigenvalue weighted by Crippen LogP contribution is -2.29. The average Bonchev–Trinajstić information content (AvgIpc) is 2.27. The van der Waals surface area contributed by atoms with E-state index in [2.05, 4.69) is 60.3 Å². The predicted molar refractivity (Wildman–Crippen MR) is 77.6 cm³/mol. The highest BCUT2D eigenvalue weighted by atomic mass is 79.9. The second kappa shape index (κ2) is 7.14. The molecule has 1 rings (SSSR count). The van der Waals surface area contributed by atoms with E-state index in [0.717, 1.165) is 10.9 Å². The summed E-state index contributed by atoms with van der Waals surface area (Å²) >= 11 is 3.62. The topological polar surface area (TPSA) is 38.0 Å². The highest BCUT2D eigenvalue weighted by Crippen LogP contribution is 2.29. The van der Waals surface area contributed by atoms with Crippen LogP contribution in [-0.4, -0.2) is 0 Å². The second-order valence-corrected chi connectivity index (χ2v) is 5.73. The van der Waals surface area contributed by atoms with Crippen molar-refractivity contribution in [3.05, 3.63) is 33.8 Å². The van der Waals surface area contributed by atoms with Crippen molar-refractivity contribution in [1.82, 2.24) is 5.43 Å². The summed E-state index contributed by atoms with van der Waals surface area (Å²) in [5, 5.41) is 0. The van der Waals surface area contributed by atoms with Gasteiger partial charge in [0.1, 0.15) is 0 Å². The van der Waals surface area contributed by atoms with Crippen LogP contribution >= 0.6 is 15.9 Å². The van der Waals surface area contributed by atoms with Crippen molar-refractivity contribution >= 4 is 15.9 Å². The van der Waals surface area contributed by atoms with E-state index in [9.17, 15) is 0 Å². The van der Waals surface area contributed by atoms with Crippen LogP contribution < -0.4 is 11.3 Å². The second-order valence-electron chi connectivity index (χ2n) is 4.87. The van der Waals surface area contributed by atoms with Crippen LogP contribution in [0.25, 0.3) is 0 Å². The standard InChI is InChI=1S/C14H23BrN2/c1-4-5-10(2)9-14(17-16)12-7-6-11(3)8-13(12)15/h6-8,10,14,17H,4-5,9,16H2,1-3H3. The van der Waals surface area contributed by atoms with Crippen LogP contribution in [0.15, 0.2) is 22.7 Å². The third-order valence-corrected chi connectivity index (χ3v) is 3.84. The van der Waals surface area contributed by atoms with Gasteiger partial charge in [-0.2, -0.15) is 0 Å². The molecule has 0 aliphatic rings. The molecule has 17 heavy (non-hydrogen) atoms. The van der Waals surface area contributed by atoms with Crippen LogP contribution in [0.1, 0.15) is 50.3 Å². The number of aryl methyl sites for hydroxylation is 1. The van der Waals surface area contributed by atoms with Gasteiger partial charge in [-0.25, -0.2) is 0 Å². The van der Waals surface area contributed by atoms with Gasteiger partial charge in [-0.05, 0) is 36.5 Å². The molecule has 1 aromatic carbocycles. The first kappa shape index (κ1) is 14.7. The van der Waals surface area contributed by atoms with E-state index in [1.165, 1.54) is 24.0 Å². The van der Waals surface area contributed by atoms with E-state index >= 15 is 0 Å². The largest absolute Gasteiger partial charge is 0.271 e. The smallest absolute Gasteiger partial charge is 0.0473 e. The van der Waals surface area contributed by atoms with Crippen LogP contribution in [0.4, 0.5) is 0 Å². The van der Waals surface area contributed by atoms with Gasteiger partial charge < -0.3 is 0 Å². The molecule has 2 atom stereocenters. The highest BCUT2D eigenvalue weighted by Gasteiger charge is 2.16. The molecule has 0 saturated heterocycles. The number of hydrazine groups is 1. The molecule has 3 heteroatoms. The van der Waals surface area contributed by atoms with E-state index in [4.69, 9.17) is 5.84 Å². The number of hydrogen-bond donors (Lipinski definition) is 2. The maximum atomic E-state index is 5.69. The van der Waals surface area contributed by atoms with E-state index in [1.807, 2.05) is 0 Å². The molecule has 0 spiro atoms. The molecule has 2 unspecified atom stereocenters. The van der Waals surface area contributed by atoms with Gasteiger partial charge in [0.05, 0.1) is 0 Å². The zero-order valence-electron chi connectivity index (χ0n) is 11.0. The van der Waals surface area contributed by atoms with Gasteiger partial charge in [0, 0.05) is 10.5 Å². The molecule has 0 aromatic heterocycles. The molecule has 96 valence electrons. The minimum Gasteiger partial charge on any atom is -0.271 e. The lowest BCUT2D eigenvalue weighted by molar-refractivity contribution is 0.394. The van der Waals surface area contributed by atoms with Gasteiger partial charge in [0.2, 0.25) is 0 Å². The summed E-state index contributed by atoms with van der Waals surface area (Å²) < 4.78 is 1.14. The lowest BCUT2D eigenvalue weighted by atomic mass is 9.93. The molecule has 0 bridgehead atoms. The van der Waals surface area contributed by atoms with Crippen LogP contribution in [0.3, 0.4) is 0 Å². The van der Waals surface area contributed by atoms with E-state index < -0.39 is 0 Å². The van der Waals surface area contributed by atoms with Gasteiger partial charge in [0.25, 0.3) is 0 Å². The van der Waals surface area contributed by atoms with Gasteiger partial charge in [-0.1, -0.05) is 54.8 Å². The normalized spacial score (nSPS) is 14.6. The van der Waals surface area contributed by atoms with Crippen LogP contribution in [0.5, 0.6) is 0 Å². The Labute approximate surface area is 113 Å². The van der Waals surface area contributed by atoms with Gasteiger partial charge >= 0.3 is 0 Å². The van der Waals surface area contributed by atoms with Crippen LogP contribution in [0.2, 0.25) is 0 Å². The molecular weight excluding hydrogens is 276 g/mol. The van der Waals surface area contributed by atoms with Crippen molar-refractivity contribution in [3.63, 3.8) is 0 Å². The first-order chi connectivity index (χ1) is 8.08. The Bertz CT molecular complexity index is 352. The van der Waals surface area contributed by atoms with E-state index in [-0.39, 0.29) is 6.04 Å². The maximum Gasteiger partial charge on any atom is 0.0473 e. The molecule has 0 aliphatic heterocycles. The van der Waals surface area contributed by atoms with Crippen molar-refractivity contribution in [2.24, 2.45) is 11.8 Å². The summed E-state index contributed by atoms with van der Waals surface area (Å²) in [5.41, 5.74) is 5.45. The molecule has 0 amide bonds. The molecular formula is C14H23BrN2. The zero-order chi connectivity index (χ0) is 12.8. The minimum atomic E-state index is 0.228. The predicted octanol–water partition coefficient (Wildman–Crippen LogP) is 4.09. The Morgan fingerprint density at radius 3 is 2.65 bits per heavy atom. The third-order valence-electron chi connectivity index (χ3n) is 3.15. The van der Waals surface area contributed by atoms with Crippen molar-refractivity contribution < 1.29 is 0 Å². The first-order valence-electron chi connectivity index (χ1n) is 6.30. The van der Waals surface area contributed by atoms with Crippen molar-refractivity contribution in [2.45, 2.75) is 46.1 Å². The Morgan fingerprint density at radius 1 is 1.41 bits per heavy atom. The first-order valence-corrected chi connectivity index (χ1v) is 7.10. The zero-order valence-corrected chi connectivity index (χ0v) is 12.5. The Balaban J connectivity index is 2.79. The van der Waals surface area contributed by atoms with E-state index in [0.29, 0.717) is 5.92 Å². The van der Waals surface area contributed by atoms with E-state index in [1.54, 1.807) is 0 Å². The number of benzene rings is 1. The van der Waals surface area contributed by atoms with Crippen molar-refractivity contribution in [2.75, 3.05) is 0 Å². The number of halogens is 1. The highest BCUT2D eigenvalue weighted by molar-refractivity contribution is 9.10. The Kier molecular flexibility index (Phi) is 6.17. The number of rotatable bonds is 6. The summed E-state index contributed by atoms with van der Waals surface area (Å²) in [6.07, 6.45) is 3.56. The summed E-state index contributed by atoms with van der Waals surface area (Å²) in [6.45, 7) is 6.61. The molecule has 0 fully saturated rings. The maximum absolute atomic E-state index is 5.69. The lowest BCUT2D eigenvalue weighted by Gasteiger charge is -2.21. The van der Waals surface area contributed by atoms with Gasteiger partial charge in [0.15, 0.2) is 0 Å². The van der Waals surface area contributed by atoms with Gasteiger partial charge in [-0.15, -0.1) is 0 Å². The summed E-state index contributed by atoms with van der Waals surface area (Å²) in [5.74, 6) is 6.37. The molecule has 0 heterocycles. The summed E-state index contributed by atoms with van der Waals surface area (Å²) in [7, 11) is 0. The third kappa shape index (κ3) is 4.41. The molecule has 1 aromatic rings. The fourth-order valence-corrected chi connectivity index (χ4v) is 2.98. The van der Waals surface area contributed by atoms with Crippen LogP contribution in [0, 0.1) is 12.8 Å². The summed E-state index contributed by atoms with van der Waals surface area (Å²) in [4.78, 5) is 0. The Hall–Kier alpha value is -0.380. The van der Waals surface area contributed by atoms with Crippen molar-refractivity contribution in [3.8, 4) is 0 Å². The molecule has 3 N–H and O–H groups in total. The number of nitrogens with two attached hydrogens (primary N) is 1. The Morgan fingerprint density at radius 2 is 2.12 bits per heavy atom. The fraction of sp³-hybridized carbons (Fsp3) is 0.571. The quantitative estimate of drug-likeness (QED) is 0.613. The van der Waals surface area contributed by atoms with Crippen molar-refractivity contribution in [1.29, 1.82) is 0 Å². The number of hydrogen-bond acceptors (Lipinski definition) is 2. The SMILES string of the molecule is CCCC(C)CC(NN)c1ccc(C)cc1Br. The van der Waals surface area contributed by atoms with Crippen LogP contribution in [-0.2, 0) is 0 Å². The molecule has 0 aliphatic carbocycles. The monoisotopic (exact) mass is 298 g/mol. The summed E-state index contributed by atoms with van der Waals surface area (Å²) in [6, 6.07) is 6.66. The molecule has 0 radical (unpaired) electrons. The number of nitrogens with one attached hydrogen (secondary N) is 1. The van der Waals surface area contributed by atoms with Gasteiger partial charge in [-0.3, -0.25) is 11.3 Å². The minimum absolute atomic E-state index is 0.228. The average molecular weight is 299 g/mol.